The summed E-state index contributed by atoms with van der Waals surface area (Å²) in [7, 11) is 0. The number of oxime groups is 1. The summed E-state index contributed by atoms with van der Waals surface area (Å²) in [4.78, 5) is 27.2. The van der Waals surface area contributed by atoms with Crippen LogP contribution in [0.3, 0.4) is 0 Å². The molecule has 7 heteroatoms. The topological polar surface area (TPSA) is 83.4 Å². The maximum atomic E-state index is 11.1. The van der Waals surface area contributed by atoms with Crippen LogP contribution in [-0.2, 0) is 28.6 Å². The van der Waals surface area contributed by atoms with Gasteiger partial charge in [0.15, 0.2) is 0 Å². The second kappa shape index (κ2) is 9.19. The van der Waals surface area contributed by atoms with Crippen molar-refractivity contribution in [3.8, 4) is 0 Å². The quantitative estimate of drug-likeness (QED) is 0.233. The van der Waals surface area contributed by atoms with Gasteiger partial charge in [0.05, 0.1) is 11.8 Å². The minimum atomic E-state index is -0.565. The van der Waals surface area contributed by atoms with E-state index < -0.39 is 24.1 Å². The molecule has 0 aliphatic carbocycles. The van der Waals surface area contributed by atoms with Crippen molar-refractivity contribution in [3.63, 3.8) is 0 Å². The molecule has 1 aliphatic heterocycles. The number of carbonyl (C=O) groups is 2. The number of carbonyl (C=O) groups excluding carboxylic acids is 2. The van der Waals surface area contributed by atoms with Crippen molar-refractivity contribution in [1.82, 2.24) is 0 Å². The third-order valence-corrected chi connectivity index (χ3v) is 2.73. The van der Waals surface area contributed by atoms with Crippen LogP contribution in [-0.4, -0.2) is 49.2 Å². The highest BCUT2D eigenvalue weighted by molar-refractivity contribution is 5.78. The lowest BCUT2D eigenvalue weighted by atomic mass is 10.1. The predicted molar refractivity (Wildman–Crippen MR) is 79.3 cm³/mol. The van der Waals surface area contributed by atoms with Crippen LogP contribution in [0, 0.1) is 0 Å². The maximum Gasteiger partial charge on any atom is 0.303 e. The molecule has 0 aromatic heterocycles. The van der Waals surface area contributed by atoms with Crippen LogP contribution in [0.4, 0.5) is 0 Å². The molecule has 7 nitrogen and oxygen atoms in total. The Balaban J connectivity index is 2.54. The summed E-state index contributed by atoms with van der Waals surface area (Å²) >= 11 is 0. The van der Waals surface area contributed by atoms with Crippen molar-refractivity contribution in [2.45, 2.75) is 52.4 Å². The van der Waals surface area contributed by atoms with Crippen molar-refractivity contribution < 1.29 is 28.6 Å². The Morgan fingerprint density at radius 1 is 1.14 bits per heavy atom. The average Bonchev–Trinajstić information content (AvgIpc) is 2.42. The fourth-order valence-electron chi connectivity index (χ4n) is 1.85. The zero-order chi connectivity index (χ0) is 16.5. The van der Waals surface area contributed by atoms with Crippen molar-refractivity contribution >= 4 is 17.7 Å². The molecule has 0 bridgehead atoms. The zero-order valence-corrected chi connectivity index (χ0v) is 13.4. The van der Waals surface area contributed by atoms with Gasteiger partial charge in [-0.3, -0.25) is 9.59 Å². The first-order chi connectivity index (χ1) is 10.4. The normalized spacial score (nSPS) is 23.5. The fraction of sp³-hybridized carbons (Fsp3) is 0.667. The highest BCUT2D eigenvalue weighted by Gasteiger charge is 2.30. The van der Waals surface area contributed by atoms with Gasteiger partial charge in [-0.1, -0.05) is 11.2 Å². The molecule has 22 heavy (non-hydrogen) atoms. The summed E-state index contributed by atoms with van der Waals surface area (Å²) in [5, 5.41) is 3.84. The van der Waals surface area contributed by atoms with Gasteiger partial charge >= 0.3 is 11.9 Å². The van der Waals surface area contributed by atoms with E-state index in [1.165, 1.54) is 13.8 Å². The molecule has 0 spiro atoms. The van der Waals surface area contributed by atoms with Gasteiger partial charge in [-0.2, -0.15) is 0 Å². The Labute approximate surface area is 130 Å². The molecule has 0 radical (unpaired) electrons. The zero-order valence-electron chi connectivity index (χ0n) is 13.4. The molecule has 1 heterocycles. The first kappa shape index (κ1) is 18.2. The van der Waals surface area contributed by atoms with Crippen molar-refractivity contribution in [2.75, 3.05) is 13.2 Å². The monoisotopic (exact) mass is 313 g/mol. The summed E-state index contributed by atoms with van der Waals surface area (Å²) in [6.07, 6.45) is 2.85. The van der Waals surface area contributed by atoms with Crippen LogP contribution in [0.5, 0.6) is 0 Å². The lowest BCUT2D eigenvalue weighted by molar-refractivity contribution is -0.164. The van der Waals surface area contributed by atoms with E-state index in [0.29, 0.717) is 13.0 Å². The van der Waals surface area contributed by atoms with E-state index in [1.54, 1.807) is 6.08 Å². The largest absolute Gasteiger partial charge is 0.463 e. The number of nitrogens with zero attached hydrogens (tertiary/aromatic N) is 1. The van der Waals surface area contributed by atoms with Crippen LogP contribution in [0.25, 0.3) is 0 Å². The number of esters is 2. The molecule has 0 aromatic rings. The molecule has 3 atom stereocenters. The molecule has 1 aliphatic rings. The maximum absolute atomic E-state index is 11.1. The fourth-order valence-corrected chi connectivity index (χ4v) is 1.85. The van der Waals surface area contributed by atoms with Crippen LogP contribution >= 0.6 is 0 Å². The van der Waals surface area contributed by atoms with E-state index in [9.17, 15) is 9.59 Å². The Kier molecular flexibility index (Phi) is 7.59. The second-order valence-electron chi connectivity index (χ2n) is 5.13. The second-order valence-corrected chi connectivity index (χ2v) is 5.13. The lowest BCUT2D eigenvalue weighted by Gasteiger charge is -2.31. The molecule has 1 rings (SSSR count). The smallest absolute Gasteiger partial charge is 0.303 e. The van der Waals surface area contributed by atoms with Crippen LogP contribution in [0.15, 0.2) is 17.3 Å². The standard InChI is InChI=1S/C15H23NO6/c1-10(2)16-20-8-7-13-5-6-14(21-12(4)18)15(22-13)9-19-11(3)17/h5-6,13-15H,7-9H2,1-4H3/t13-,14-,15+/m0/s1. The first-order valence-electron chi connectivity index (χ1n) is 7.16. The van der Waals surface area contributed by atoms with Crippen LogP contribution < -0.4 is 0 Å². The molecule has 0 saturated heterocycles. The molecule has 0 amide bonds. The third-order valence-electron chi connectivity index (χ3n) is 2.73. The predicted octanol–water partition coefficient (Wildman–Crippen LogP) is 1.61. The molecular weight excluding hydrogens is 290 g/mol. The molecule has 0 unspecified atom stereocenters. The number of rotatable bonds is 7. The summed E-state index contributed by atoms with van der Waals surface area (Å²) < 4.78 is 15.9. The molecule has 0 fully saturated rings. The summed E-state index contributed by atoms with van der Waals surface area (Å²) in [6, 6.07) is 0. The molecule has 124 valence electrons. The lowest BCUT2D eigenvalue weighted by Crippen LogP contribution is -2.41. The van der Waals surface area contributed by atoms with E-state index in [-0.39, 0.29) is 12.7 Å². The Bertz CT molecular complexity index is 441. The molecule has 0 saturated carbocycles. The Hall–Kier alpha value is -1.89. The van der Waals surface area contributed by atoms with Gasteiger partial charge in [-0.15, -0.1) is 0 Å². The minimum absolute atomic E-state index is 0.0290. The van der Waals surface area contributed by atoms with Crippen LogP contribution in [0.1, 0.15) is 34.1 Å². The highest BCUT2D eigenvalue weighted by atomic mass is 16.6. The van der Waals surface area contributed by atoms with Crippen molar-refractivity contribution in [2.24, 2.45) is 5.16 Å². The van der Waals surface area contributed by atoms with Gasteiger partial charge in [0.25, 0.3) is 0 Å². The van der Waals surface area contributed by atoms with Crippen molar-refractivity contribution in [3.05, 3.63) is 12.2 Å². The Morgan fingerprint density at radius 3 is 2.45 bits per heavy atom. The summed E-state index contributed by atoms with van der Waals surface area (Å²) in [5.74, 6) is -0.826. The highest BCUT2D eigenvalue weighted by Crippen LogP contribution is 2.19. The summed E-state index contributed by atoms with van der Waals surface area (Å²) in [5.41, 5.74) is 0.836. The van der Waals surface area contributed by atoms with Gasteiger partial charge < -0.3 is 19.0 Å². The SMILES string of the molecule is CC(=O)OC[C@H]1O[C@H](CCON=C(C)C)C=C[C@@H]1OC(C)=O. The number of hydrogen-bond donors (Lipinski definition) is 0. The van der Waals surface area contributed by atoms with Crippen LogP contribution in [0.2, 0.25) is 0 Å². The molecular formula is C15H23NO6. The van der Waals surface area contributed by atoms with E-state index in [2.05, 4.69) is 5.16 Å². The average molecular weight is 313 g/mol. The van der Waals surface area contributed by atoms with E-state index in [0.717, 1.165) is 5.71 Å². The van der Waals surface area contributed by atoms with Gasteiger partial charge in [0, 0.05) is 20.3 Å². The number of ether oxygens (including phenoxy) is 3. The van der Waals surface area contributed by atoms with Crippen molar-refractivity contribution in [1.29, 1.82) is 0 Å². The Morgan fingerprint density at radius 2 is 1.86 bits per heavy atom. The van der Waals surface area contributed by atoms with E-state index >= 15 is 0 Å². The minimum Gasteiger partial charge on any atom is -0.463 e. The van der Waals surface area contributed by atoms with Gasteiger partial charge in [0.1, 0.15) is 25.4 Å². The van der Waals surface area contributed by atoms with Gasteiger partial charge in [-0.25, -0.2) is 0 Å². The number of hydrogen-bond acceptors (Lipinski definition) is 7. The van der Waals surface area contributed by atoms with Gasteiger partial charge in [0.2, 0.25) is 0 Å². The first-order valence-corrected chi connectivity index (χ1v) is 7.16. The molecule has 0 N–H and O–H groups in total. The van der Waals surface area contributed by atoms with E-state index in [1.807, 2.05) is 19.9 Å². The summed E-state index contributed by atoms with van der Waals surface area (Å²) in [6.45, 7) is 6.75. The van der Waals surface area contributed by atoms with Gasteiger partial charge in [-0.05, 0) is 19.9 Å². The van der Waals surface area contributed by atoms with E-state index in [4.69, 9.17) is 19.0 Å². The molecule has 0 aromatic carbocycles. The third kappa shape index (κ3) is 7.21.